The molecule has 1 aromatic rings. The molecule has 0 aliphatic heterocycles. The zero-order valence-electron chi connectivity index (χ0n) is 17.8. The fourth-order valence-corrected chi connectivity index (χ4v) is 3.44. The minimum absolute atomic E-state index is 0. The molecule has 1 saturated carbocycles. The van der Waals surface area contributed by atoms with Gasteiger partial charge >= 0.3 is 0 Å². The minimum Gasteiger partial charge on any atom is -0.493 e. The van der Waals surface area contributed by atoms with Crippen molar-refractivity contribution >= 4 is 29.9 Å². The van der Waals surface area contributed by atoms with Gasteiger partial charge in [-0.05, 0) is 44.8 Å². The zero-order valence-corrected chi connectivity index (χ0v) is 20.1. The molecule has 0 radical (unpaired) electrons. The number of methoxy groups -OCH3 is 1. The first-order valence-corrected chi connectivity index (χ1v) is 10.2. The van der Waals surface area contributed by atoms with Crippen molar-refractivity contribution in [2.24, 2.45) is 4.99 Å². The van der Waals surface area contributed by atoms with Gasteiger partial charge in [0.1, 0.15) is 0 Å². The molecule has 0 heterocycles. The lowest BCUT2D eigenvalue weighted by atomic mass is 10.1. The monoisotopic (exact) mass is 504 g/mol. The van der Waals surface area contributed by atoms with Gasteiger partial charge in [-0.2, -0.15) is 0 Å². The smallest absolute Gasteiger partial charge is 0.191 e. The highest BCUT2D eigenvalue weighted by atomic mass is 127. The lowest BCUT2D eigenvalue weighted by Gasteiger charge is -2.21. The largest absolute Gasteiger partial charge is 0.493 e. The molecule has 1 fully saturated rings. The van der Waals surface area contributed by atoms with Gasteiger partial charge < -0.3 is 25.0 Å². The number of halogens is 1. The van der Waals surface area contributed by atoms with Gasteiger partial charge in [-0.15, -0.1) is 24.0 Å². The fourth-order valence-electron chi connectivity index (χ4n) is 3.44. The molecule has 0 amide bonds. The molecule has 7 heteroatoms. The minimum atomic E-state index is 0. The second-order valence-corrected chi connectivity index (χ2v) is 6.85. The highest BCUT2D eigenvalue weighted by molar-refractivity contribution is 14.0. The third kappa shape index (κ3) is 7.66. The Morgan fingerprint density at radius 1 is 1.18 bits per heavy atom. The third-order valence-corrected chi connectivity index (χ3v) is 5.15. The van der Waals surface area contributed by atoms with Crippen LogP contribution < -0.4 is 20.1 Å². The molecule has 6 nitrogen and oxygen atoms in total. The average molecular weight is 504 g/mol. The topological polar surface area (TPSA) is 58.1 Å². The van der Waals surface area contributed by atoms with Crippen LogP contribution in [-0.4, -0.2) is 57.3 Å². The Bertz CT molecular complexity index is 588. The Hall–Kier alpha value is -1.22. The van der Waals surface area contributed by atoms with Crippen molar-refractivity contribution in [3.63, 3.8) is 0 Å². The number of hydrogen-bond acceptors (Lipinski definition) is 4. The van der Waals surface area contributed by atoms with Gasteiger partial charge in [0.15, 0.2) is 17.5 Å². The van der Waals surface area contributed by atoms with E-state index in [4.69, 9.17) is 9.47 Å². The van der Waals surface area contributed by atoms with E-state index in [2.05, 4.69) is 40.4 Å². The Morgan fingerprint density at radius 2 is 1.89 bits per heavy atom. The van der Waals surface area contributed by atoms with E-state index >= 15 is 0 Å². The third-order valence-electron chi connectivity index (χ3n) is 5.15. The molecule has 28 heavy (non-hydrogen) atoms. The summed E-state index contributed by atoms with van der Waals surface area (Å²) in [5.41, 5.74) is 1.09. The van der Waals surface area contributed by atoms with Crippen LogP contribution in [0, 0.1) is 0 Å². The maximum atomic E-state index is 6.30. The highest BCUT2D eigenvalue weighted by Gasteiger charge is 2.20. The van der Waals surface area contributed by atoms with E-state index in [1.807, 2.05) is 12.1 Å². The molecule has 1 aliphatic carbocycles. The van der Waals surface area contributed by atoms with E-state index in [0.717, 1.165) is 62.0 Å². The van der Waals surface area contributed by atoms with Gasteiger partial charge in [0.05, 0.1) is 13.2 Å². The van der Waals surface area contributed by atoms with Crippen molar-refractivity contribution in [1.29, 1.82) is 0 Å². The summed E-state index contributed by atoms with van der Waals surface area (Å²) in [4.78, 5) is 6.72. The van der Waals surface area contributed by atoms with Crippen LogP contribution in [0.3, 0.4) is 0 Å². The number of nitrogens with zero attached hydrogens (tertiary/aromatic N) is 2. The molecule has 0 saturated heterocycles. The predicted molar refractivity (Wildman–Crippen MR) is 127 cm³/mol. The number of guanidine groups is 1. The average Bonchev–Trinajstić information content (AvgIpc) is 3.21. The van der Waals surface area contributed by atoms with Crippen LogP contribution in [0.5, 0.6) is 11.5 Å². The van der Waals surface area contributed by atoms with Gasteiger partial charge in [-0.1, -0.05) is 26.0 Å². The fraction of sp³-hybridized carbons (Fsp3) is 0.667. The van der Waals surface area contributed by atoms with E-state index in [0.29, 0.717) is 12.6 Å². The van der Waals surface area contributed by atoms with E-state index in [1.165, 1.54) is 12.8 Å². The SMILES string of the molecule is CCN(CC)CCNC(=NC)NCc1cccc(OC)c1OC1CCCC1.I. The summed E-state index contributed by atoms with van der Waals surface area (Å²) in [6.07, 6.45) is 5.04. The van der Waals surface area contributed by atoms with Crippen LogP contribution in [0.25, 0.3) is 0 Å². The molecule has 0 bridgehead atoms. The Morgan fingerprint density at radius 3 is 2.50 bits per heavy atom. The summed E-state index contributed by atoms with van der Waals surface area (Å²) < 4.78 is 11.8. The van der Waals surface area contributed by atoms with Crippen LogP contribution >= 0.6 is 24.0 Å². The van der Waals surface area contributed by atoms with Crippen molar-refractivity contribution in [3.8, 4) is 11.5 Å². The normalized spacial score (nSPS) is 14.7. The number of hydrogen-bond donors (Lipinski definition) is 2. The molecule has 0 aromatic heterocycles. The van der Waals surface area contributed by atoms with Gasteiger partial charge in [0, 0.05) is 32.2 Å². The van der Waals surface area contributed by atoms with Crippen LogP contribution in [0.2, 0.25) is 0 Å². The Labute approximate surface area is 187 Å². The van der Waals surface area contributed by atoms with E-state index in [1.54, 1.807) is 14.2 Å². The summed E-state index contributed by atoms with van der Waals surface area (Å²) >= 11 is 0. The molecule has 0 unspecified atom stereocenters. The number of nitrogens with one attached hydrogen (secondary N) is 2. The summed E-state index contributed by atoms with van der Waals surface area (Å²) in [6, 6.07) is 6.06. The summed E-state index contributed by atoms with van der Waals surface area (Å²) in [7, 11) is 3.50. The first-order valence-electron chi connectivity index (χ1n) is 10.2. The van der Waals surface area contributed by atoms with Crippen molar-refractivity contribution in [2.75, 3.05) is 40.3 Å². The molecule has 160 valence electrons. The summed E-state index contributed by atoms with van der Waals surface area (Å²) in [5, 5.41) is 6.78. The second-order valence-electron chi connectivity index (χ2n) is 6.85. The number of likely N-dealkylation sites (N-methyl/N-ethyl adjacent to an activating group) is 1. The molecule has 2 N–H and O–H groups in total. The Balaban J connectivity index is 0.00000392. The van der Waals surface area contributed by atoms with Crippen LogP contribution in [-0.2, 0) is 6.54 Å². The quantitative estimate of drug-likeness (QED) is 0.290. The maximum Gasteiger partial charge on any atom is 0.191 e. The second kappa shape index (κ2) is 13.9. The molecule has 0 spiro atoms. The number of para-hydroxylation sites is 1. The maximum absolute atomic E-state index is 6.30. The van der Waals surface area contributed by atoms with Crippen LogP contribution in [0.1, 0.15) is 45.1 Å². The van der Waals surface area contributed by atoms with Crippen molar-refractivity contribution in [3.05, 3.63) is 23.8 Å². The first-order chi connectivity index (χ1) is 13.2. The molecule has 1 aromatic carbocycles. The van der Waals surface area contributed by atoms with Gasteiger partial charge in [-0.25, -0.2) is 0 Å². The number of ether oxygens (including phenoxy) is 2. The highest BCUT2D eigenvalue weighted by Crippen LogP contribution is 2.34. The lowest BCUT2D eigenvalue weighted by Crippen LogP contribution is -2.41. The molecule has 2 rings (SSSR count). The molecule has 0 atom stereocenters. The van der Waals surface area contributed by atoms with Crippen molar-refractivity contribution in [1.82, 2.24) is 15.5 Å². The van der Waals surface area contributed by atoms with Crippen LogP contribution in [0.15, 0.2) is 23.2 Å². The number of rotatable bonds is 10. The lowest BCUT2D eigenvalue weighted by molar-refractivity contribution is 0.198. The van der Waals surface area contributed by atoms with E-state index in [9.17, 15) is 0 Å². The van der Waals surface area contributed by atoms with Crippen molar-refractivity contribution in [2.45, 2.75) is 52.2 Å². The number of benzene rings is 1. The number of aliphatic imine (C=N–C) groups is 1. The Kier molecular flexibility index (Phi) is 12.3. The van der Waals surface area contributed by atoms with Gasteiger partial charge in [-0.3, -0.25) is 4.99 Å². The molecule has 1 aliphatic rings. The van der Waals surface area contributed by atoms with E-state index < -0.39 is 0 Å². The molecular weight excluding hydrogens is 467 g/mol. The van der Waals surface area contributed by atoms with E-state index in [-0.39, 0.29) is 24.0 Å². The van der Waals surface area contributed by atoms with Gasteiger partial charge in [0.2, 0.25) is 0 Å². The molecular formula is C21H37IN4O2. The summed E-state index contributed by atoms with van der Waals surface area (Å²) in [5.74, 6) is 2.46. The van der Waals surface area contributed by atoms with Gasteiger partial charge in [0.25, 0.3) is 0 Å². The summed E-state index contributed by atoms with van der Waals surface area (Å²) in [6.45, 7) is 9.01. The van der Waals surface area contributed by atoms with Crippen molar-refractivity contribution < 1.29 is 9.47 Å². The zero-order chi connectivity index (χ0) is 19.5. The first kappa shape index (κ1) is 24.8. The standard InChI is InChI=1S/C21H36N4O2.HI/c1-5-25(6-2)15-14-23-21(22-3)24-16-17-10-9-13-19(26-4)20(17)27-18-11-7-8-12-18;/h9-10,13,18H,5-8,11-12,14-16H2,1-4H3,(H2,22,23,24);1H. The predicted octanol–water partition coefficient (Wildman–Crippen LogP) is 3.64. The van der Waals surface area contributed by atoms with Crippen LogP contribution in [0.4, 0.5) is 0 Å².